The summed E-state index contributed by atoms with van der Waals surface area (Å²) in [4.78, 5) is 4.90. The van der Waals surface area contributed by atoms with Gasteiger partial charge in [0.2, 0.25) is 0 Å². The number of oxime groups is 1. The average Bonchev–Trinajstić information content (AvgIpc) is 2.70. The van der Waals surface area contributed by atoms with E-state index >= 15 is 0 Å². The molecule has 0 saturated carbocycles. The normalized spacial score (nSPS) is 12.0. The zero-order valence-electron chi connectivity index (χ0n) is 17.6. The van der Waals surface area contributed by atoms with Crippen LogP contribution in [0.15, 0.2) is 52.1 Å². The maximum atomic E-state index is 13.7. The quantitative estimate of drug-likeness (QED) is 0.223. The van der Waals surface area contributed by atoms with Crippen molar-refractivity contribution in [1.29, 1.82) is 0 Å². The Balaban J connectivity index is 2.25. The van der Waals surface area contributed by atoms with Crippen molar-refractivity contribution in [3.05, 3.63) is 68.1 Å². The fourth-order valence-corrected chi connectivity index (χ4v) is 3.19. The molecule has 4 nitrogen and oxygen atoms in total. The van der Waals surface area contributed by atoms with E-state index in [1.807, 2.05) is 0 Å². The molecule has 2 aromatic rings. The maximum absolute atomic E-state index is 13.7. The third-order valence-electron chi connectivity index (χ3n) is 3.94. The molecule has 0 atom stereocenters. The highest BCUT2D eigenvalue weighted by Crippen LogP contribution is 2.38. The lowest BCUT2D eigenvalue weighted by molar-refractivity contribution is -0.0618. The van der Waals surface area contributed by atoms with Gasteiger partial charge in [0, 0.05) is 17.7 Å². The SMILES string of the molecule is CC(C)CO/N=C(/c1ccccc1COc1c(Cl)cc(OCC=C(Cl)Cl)cc1Cl)C(F)(F)F. The molecule has 0 unspecified atom stereocenters. The second-order valence-corrected chi connectivity index (χ2v) is 8.92. The molecule has 33 heavy (non-hydrogen) atoms. The minimum absolute atomic E-state index is 0.0148. The van der Waals surface area contributed by atoms with Crippen LogP contribution in [0.4, 0.5) is 13.2 Å². The number of alkyl halides is 3. The molecule has 11 heteroatoms. The Labute approximate surface area is 209 Å². The first-order valence-corrected chi connectivity index (χ1v) is 11.1. The predicted octanol–water partition coefficient (Wildman–Crippen LogP) is 8.21. The van der Waals surface area contributed by atoms with Crippen molar-refractivity contribution in [1.82, 2.24) is 0 Å². The molecule has 0 N–H and O–H groups in total. The van der Waals surface area contributed by atoms with Gasteiger partial charge < -0.3 is 14.3 Å². The molecule has 0 aliphatic carbocycles. The molecule has 0 radical (unpaired) electrons. The van der Waals surface area contributed by atoms with Crippen LogP contribution in [0.1, 0.15) is 25.0 Å². The number of hydrogen-bond acceptors (Lipinski definition) is 4. The van der Waals surface area contributed by atoms with Crippen LogP contribution in [0.2, 0.25) is 10.0 Å². The zero-order valence-corrected chi connectivity index (χ0v) is 20.6. The number of hydrogen-bond donors (Lipinski definition) is 0. The Morgan fingerprint density at radius 2 is 1.70 bits per heavy atom. The number of rotatable bonds is 10. The van der Waals surface area contributed by atoms with Gasteiger partial charge in [-0.2, -0.15) is 13.2 Å². The molecule has 0 spiro atoms. The minimum Gasteiger partial charge on any atom is -0.489 e. The lowest BCUT2D eigenvalue weighted by Crippen LogP contribution is -2.26. The molecule has 0 aliphatic rings. The van der Waals surface area contributed by atoms with Crippen LogP contribution >= 0.6 is 46.4 Å². The van der Waals surface area contributed by atoms with Crippen LogP contribution in [0, 0.1) is 5.92 Å². The van der Waals surface area contributed by atoms with Crippen molar-refractivity contribution in [3.8, 4) is 11.5 Å². The van der Waals surface area contributed by atoms with E-state index in [1.54, 1.807) is 19.9 Å². The number of halogens is 7. The number of ether oxygens (including phenoxy) is 2. The molecule has 0 amide bonds. The molecule has 0 fully saturated rings. The minimum atomic E-state index is -4.73. The Morgan fingerprint density at radius 1 is 1.06 bits per heavy atom. The number of benzene rings is 2. The van der Waals surface area contributed by atoms with Crippen LogP contribution in [0.25, 0.3) is 0 Å². The van der Waals surface area contributed by atoms with E-state index in [0.717, 1.165) is 0 Å². The predicted molar refractivity (Wildman–Crippen MR) is 126 cm³/mol. The third kappa shape index (κ3) is 8.81. The summed E-state index contributed by atoms with van der Waals surface area (Å²) in [5.41, 5.74) is -1.11. The molecule has 2 rings (SSSR count). The largest absolute Gasteiger partial charge is 0.489 e. The van der Waals surface area contributed by atoms with Gasteiger partial charge in [-0.1, -0.05) is 89.7 Å². The van der Waals surface area contributed by atoms with Gasteiger partial charge in [-0.05, 0) is 17.6 Å². The smallest absolute Gasteiger partial charge is 0.437 e. The van der Waals surface area contributed by atoms with E-state index in [4.69, 9.17) is 60.7 Å². The highest BCUT2D eigenvalue weighted by atomic mass is 35.5. The van der Waals surface area contributed by atoms with Gasteiger partial charge in [0.15, 0.2) is 11.5 Å². The third-order valence-corrected chi connectivity index (χ3v) is 4.81. The lowest BCUT2D eigenvalue weighted by atomic mass is 10.0. The Hall–Kier alpha value is -1.80. The summed E-state index contributed by atoms with van der Waals surface area (Å²) in [7, 11) is 0. The van der Waals surface area contributed by atoms with Gasteiger partial charge in [0.1, 0.15) is 30.1 Å². The van der Waals surface area contributed by atoms with Gasteiger partial charge in [0.25, 0.3) is 0 Å². The van der Waals surface area contributed by atoms with Crippen LogP contribution in [0.3, 0.4) is 0 Å². The Bertz CT molecular complexity index is 984. The van der Waals surface area contributed by atoms with Crippen LogP contribution in [0.5, 0.6) is 11.5 Å². The first-order chi connectivity index (χ1) is 15.5. The van der Waals surface area contributed by atoms with Gasteiger partial charge >= 0.3 is 6.18 Å². The summed E-state index contributed by atoms with van der Waals surface area (Å²) in [5, 5.41) is 3.58. The van der Waals surface area contributed by atoms with Gasteiger partial charge in [-0.15, -0.1) is 0 Å². The fraction of sp³-hybridized carbons (Fsp3) is 0.318. The Morgan fingerprint density at radius 3 is 2.27 bits per heavy atom. The van der Waals surface area contributed by atoms with Crippen LogP contribution in [-0.2, 0) is 11.4 Å². The summed E-state index contributed by atoms with van der Waals surface area (Å²) in [6.45, 7) is 3.49. The average molecular weight is 545 g/mol. The van der Waals surface area contributed by atoms with E-state index in [2.05, 4.69) is 5.16 Å². The molecule has 0 saturated heterocycles. The second-order valence-electron chi connectivity index (χ2n) is 7.09. The van der Waals surface area contributed by atoms with Crippen LogP contribution in [-0.4, -0.2) is 25.1 Å². The summed E-state index contributed by atoms with van der Waals surface area (Å²) in [6, 6.07) is 8.73. The van der Waals surface area contributed by atoms with Crippen LogP contribution < -0.4 is 9.47 Å². The van der Waals surface area contributed by atoms with Gasteiger partial charge in [-0.3, -0.25) is 0 Å². The van der Waals surface area contributed by atoms with Crippen molar-refractivity contribution in [2.45, 2.75) is 26.6 Å². The summed E-state index contributed by atoms with van der Waals surface area (Å²) in [5.74, 6) is 0.436. The fourth-order valence-electron chi connectivity index (χ4n) is 2.49. The zero-order chi connectivity index (χ0) is 24.6. The van der Waals surface area contributed by atoms with E-state index in [9.17, 15) is 13.2 Å². The van der Waals surface area contributed by atoms with E-state index in [-0.39, 0.29) is 57.2 Å². The molecular formula is C22H20Cl4F3NO3. The molecule has 0 aromatic heterocycles. The molecular weight excluding hydrogens is 525 g/mol. The van der Waals surface area contributed by atoms with E-state index in [0.29, 0.717) is 5.75 Å². The Kier molecular flexibility index (Phi) is 10.5. The van der Waals surface area contributed by atoms with E-state index in [1.165, 1.54) is 36.4 Å². The molecule has 0 aliphatic heterocycles. The monoisotopic (exact) mass is 543 g/mol. The van der Waals surface area contributed by atoms with Crippen molar-refractivity contribution in [3.63, 3.8) is 0 Å². The summed E-state index contributed by atoms with van der Waals surface area (Å²) >= 11 is 23.5. The highest BCUT2D eigenvalue weighted by molar-refractivity contribution is 6.55. The topological polar surface area (TPSA) is 40.0 Å². The second kappa shape index (κ2) is 12.6. The van der Waals surface area contributed by atoms with E-state index < -0.39 is 11.9 Å². The molecule has 2 aromatic carbocycles. The number of nitrogens with zero attached hydrogens (tertiary/aromatic N) is 1. The summed E-state index contributed by atoms with van der Waals surface area (Å²) in [6.07, 6.45) is -3.31. The van der Waals surface area contributed by atoms with Gasteiger partial charge in [0.05, 0.1) is 10.0 Å². The first-order valence-electron chi connectivity index (χ1n) is 9.60. The highest BCUT2D eigenvalue weighted by Gasteiger charge is 2.39. The molecule has 180 valence electrons. The van der Waals surface area contributed by atoms with Crippen molar-refractivity contribution >= 4 is 52.1 Å². The van der Waals surface area contributed by atoms with Crippen molar-refractivity contribution in [2.75, 3.05) is 13.2 Å². The first kappa shape index (κ1) is 27.4. The van der Waals surface area contributed by atoms with Gasteiger partial charge in [-0.25, -0.2) is 0 Å². The summed E-state index contributed by atoms with van der Waals surface area (Å²) < 4.78 is 52.1. The molecule has 0 heterocycles. The standard InChI is InChI=1S/C22H20Cl4F3NO3/c1-13(2)11-33-30-21(22(27,28)29)16-6-4-3-5-14(16)12-32-20-17(23)9-15(10-18(20)24)31-8-7-19(25)26/h3-7,9-10,13H,8,11-12H2,1-2H3/b30-21-. The lowest BCUT2D eigenvalue weighted by Gasteiger charge is -2.16. The van der Waals surface area contributed by atoms with Crippen molar-refractivity contribution < 1.29 is 27.5 Å². The molecule has 0 bridgehead atoms. The van der Waals surface area contributed by atoms with Crippen molar-refractivity contribution in [2.24, 2.45) is 11.1 Å². The maximum Gasteiger partial charge on any atom is 0.437 e.